The molecule has 0 aliphatic heterocycles. The van der Waals surface area contributed by atoms with Crippen LogP contribution in [0.15, 0.2) is 23.4 Å². The Labute approximate surface area is 110 Å². The summed E-state index contributed by atoms with van der Waals surface area (Å²) in [6, 6.07) is 3.95. The lowest BCUT2D eigenvalue weighted by Gasteiger charge is -2.07. The van der Waals surface area contributed by atoms with Crippen molar-refractivity contribution in [2.45, 2.75) is 24.6 Å². The van der Waals surface area contributed by atoms with Gasteiger partial charge in [0.15, 0.2) is 5.84 Å². The number of nitrogens with zero attached hydrogens (tertiary/aromatic N) is 1. The van der Waals surface area contributed by atoms with Gasteiger partial charge in [0.2, 0.25) is 10.0 Å². The van der Waals surface area contributed by atoms with Crippen LogP contribution >= 0.6 is 0 Å². The van der Waals surface area contributed by atoms with E-state index in [4.69, 9.17) is 10.9 Å². The number of benzene rings is 1. The maximum Gasteiger partial charge on any atom is 0.214 e. The summed E-state index contributed by atoms with van der Waals surface area (Å²) in [5, 5.41) is 10.9. The van der Waals surface area contributed by atoms with Gasteiger partial charge in [-0.3, -0.25) is 0 Å². The molecule has 0 heterocycles. The van der Waals surface area contributed by atoms with E-state index in [1.165, 1.54) is 12.1 Å². The lowest BCUT2D eigenvalue weighted by atomic mass is 10.1. The molecule has 1 saturated carbocycles. The zero-order chi connectivity index (χ0) is 14.0. The molecule has 0 amide bonds. The third-order valence-corrected chi connectivity index (χ3v) is 4.78. The van der Waals surface area contributed by atoms with Gasteiger partial charge in [0.25, 0.3) is 0 Å². The Bertz CT molecular complexity index is 612. The predicted molar refractivity (Wildman–Crippen MR) is 67.7 cm³/mol. The fraction of sp³-hybridized carbons (Fsp3) is 0.364. The maximum atomic E-state index is 13.7. The molecule has 0 aromatic heterocycles. The highest BCUT2D eigenvalue weighted by Crippen LogP contribution is 2.27. The molecule has 0 spiro atoms. The maximum absolute atomic E-state index is 13.7. The summed E-state index contributed by atoms with van der Waals surface area (Å²) in [6.45, 7) is -0.110. The zero-order valence-corrected chi connectivity index (χ0v) is 10.8. The van der Waals surface area contributed by atoms with Crippen LogP contribution in [0.4, 0.5) is 4.39 Å². The number of nitrogens with two attached hydrogens (primary N) is 1. The largest absolute Gasteiger partial charge is 0.409 e. The van der Waals surface area contributed by atoms with Crippen molar-refractivity contribution in [1.82, 2.24) is 4.72 Å². The van der Waals surface area contributed by atoms with Crippen LogP contribution in [0.25, 0.3) is 0 Å². The van der Waals surface area contributed by atoms with Crippen molar-refractivity contribution in [2.75, 3.05) is 0 Å². The van der Waals surface area contributed by atoms with Gasteiger partial charge in [0, 0.05) is 17.7 Å². The highest BCUT2D eigenvalue weighted by molar-refractivity contribution is 7.90. The van der Waals surface area contributed by atoms with Gasteiger partial charge in [-0.1, -0.05) is 17.3 Å². The molecule has 104 valence electrons. The van der Waals surface area contributed by atoms with Crippen LogP contribution in [0.5, 0.6) is 0 Å². The second kappa shape index (κ2) is 5.14. The van der Waals surface area contributed by atoms with Gasteiger partial charge in [-0.25, -0.2) is 17.5 Å². The number of amidine groups is 1. The standard InChI is InChI=1S/C11H14FN3O3S/c12-10-5-7(11(13)15-16)1-2-8(10)6-14-19(17,18)9-3-4-9/h1-2,5,9,14,16H,3-4,6H2,(H2,13,15). The minimum atomic E-state index is -3.34. The summed E-state index contributed by atoms with van der Waals surface area (Å²) >= 11 is 0. The van der Waals surface area contributed by atoms with E-state index < -0.39 is 15.8 Å². The third kappa shape index (κ3) is 3.21. The van der Waals surface area contributed by atoms with Crippen molar-refractivity contribution in [3.63, 3.8) is 0 Å². The molecule has 0 saturated heterocycles. The minimum Gasteiger partial charge on any atom is -0.409 e. The Hall–Kier alpha value is -1.67. The summed E-state index contributed by atoms with van der Waals surface area (Å²) in [5.41, 5.74) is 5.76. The second-order valence-corrected chi connectivity index (χ2v) is 6.40. The van der Waals surface area contributed by atoms with Crippen LogP contribution < -0.4 is 10.5 Å². The lowest BCUT2D eigenvalue weighted by molar-refractivity contribution is 0.318. The Balaban J connectivity index is 2.09. The summed E-state index contributed by atoms with van der Waals surface area (Å²) in [4.78, 5) is 0. The van der Waals surface area contributed by atoms with Crippen LogP contribution in [0, 0.1) is 5.82 Å². The first-order valence-corrected chi connectivity index (χ1v) is 7.23. The van der Waals surface area contributed by atoms with E-state index in [1.807, 2.05) is 0 Å². The quantitative estimate of drug-likeness (QED) is 0.317. The van der Waals surface area contributed by atoms with Gasteiger partial charge in [0.05, 0.1) is 5.25 Å². The van der Waals surface area contributed by atoms with E-state index in [9.17, 15) is 12.8 Å². The molecule has 2 rings (SSSR count). The molecular weight excluding hydrogens is 273 g/mol. The molecule has 1 fully saturated rings. The molecule has 4 N–H and O–H groups in total. The number of halogens is 1. The first-order chi connectivity index (χ1) is 8.94. The van der Waals surface area contributed by atoms with Crippen LogP contribution in [0.2, 0.25) is 0 Å². The normalized spacial score (nSPS) is 16.6. The van der Waals surface area contributed by atoms with E-state index >= 15 is 0 Å². The second-order valence-electron chi connectivity index (χ2n) is 4.36. The third-order valence-electron chi connectivity index (χ3n) is 2.88. The average Bonchev–Trinajstić information content (AvgIpc) is 3.21. The SMILES string of the molecule is NC(=NO)c1ccc(CNS(=O)(=O)C2CC2)c(F)c1. The van der Waals surface area contributed by atoms with Gasteiger partial charge < -0.3 is 10.9 Å². The smallest absolute Gasteiger partial charge is 0.214 e. The molecule has 1 aliphatic carbocycles. The van der Waals surface area contributed by atoms with Gasteiger partial charge in [-0.2, -0.15) is 0 Å². The van der Waals surface area contributed by atoms with Crippen LogP contribution in [-0.4, -0.2) is 24.7 Å². The molecule has 0 bridgehead atoms. The molecule has 8 heteroatoms. The van der Waals surface area contributed by atoms with E-state index in [1.54, 1.807) is 0 Å². The fourth-order valence-corrected chi connectivity index (χ4v) is 2.93. The van der Waals surface area contributed by atoms with Crippen molar-refractivity contribution in [3.05, 3.63) is 35.1 Å². The molecule has 19 heavy (non-hydrogen) atoms. The van der Waals surface area contributed by atoms with E-state index in [2.05, 4.69) is 9.88 Å². The number of rotatable bonds is 5. The predicted octanol–water partition coefficient (Wildman–Crippen LogP) is 0.502. The summed E-state index contributed by atoms with van der Waals surface area (Å²) < 4.78 is 39.3. The number of hydrogen-bond acceptors (Lipinski definition) is 4. The first-order valence-electron chi connectivity index (χ1n) is 5.69. The number of sulfonamides is 1. The summed E-state index contributed by atoms with van der Waals surface area (Å²) in [7, 11) is -3.34. The summed E-state index contributed by atoms with van der Waals surface area (Å²) in [6.07, 6.45) is 1.31. The van der Waals surface area contributed by atoms with Crippen LogP contribution in [0.1, 0.15) is 24.0 Å². The summed E-state index contributed by atoms with van der Waals surface area (Å²) in [5.74, 6) is -0.813. The number of hydrogen-bond donors (Lipinski definition) is 3. The minimum absolute atomic E-state index is 0.110. The molecule has 1 aromatic carbocycles. The van der Waals surface area contributed by atoms with Gasteiger partial charge in [0.1, 0.15) is 5.82 Å². The Morgan fingerprint density at radius 1 is 1.53 bits per heavy atom. The van der Waals surface area contributed by atoms with E-state index in [0.29, 0.717) is 12.8 Å². The molecule has 0 unspecified atom stereocenters. The van der Waals surface area contributed by atoms with Gasteiger partial charge in [-0.15, -0.1) is 0 Å². The molecule has 1 aliphatic rings. The van der Waals surface area contributed by atoms with Crippen molar-refractivity contribution >= 4 is 15.9 Å². The average molecular weight is 287 g/mol. The topological polar surface area (TPSA) is 105 Å². The molecule has 6 nitrogen and oxygen atoms in total. The Morgan fingerprint density at radius 2 is 2.21 bits per heavy atom. The first kappa shape index (κ1) is 13.8. The fourth-order valence-electron chi connectivity index (χ4n) is 1.58. The van der Waals surface area contributed by atoms with Crippen LogP contribution in [0.3, 0.4) is 0 Å². The van der Waals surface area contributed by atoms with E-state index in [-0.39, 0.29) is 28.8 Å². The van der Waals surface area contributed by atoms with Crippen molar-refractivity contribution in [1.29, 1.82) is 0 Å². The van der Waals surface area contributed by atoms with Crippen LogP contribution in [-0.2, 0) is 16.6 Å². The lowest BCUT2D eigenvalue weighted by Crippen LogP contribution is -2.27. The number of oxime groups is 1. The van der Waals surface area contributed by atoms with Gasteiger partial charge in [-0.05, 0) is 18.9 Å². The monoisotopic (exact) mass is 287 g/mol. The Kier molecular flexibility index (Phi) is 3.72. The van der Waals surface area contributed by atoms with Crippen molar-refractivity contribution < 1.29 is 18.0 Å². The molecule has 1 aromatic rings. The Morgan fingerprint density at radius 3 is 2.74 bits per heavy atom. The van der Waals surface area contributed by atoms with E-state index in [0.717, 1.165) is 6.07 Å². The van der Waals surface area contributed by atoms with Crippen molar-refractivity contribution in [3.8, 4) is 0 Å². The van der Waals surface area contributed by atoms with Crippen molar-refractivity contribution in [2.24, 2.45) is 10.9 Å². The molecular formula is C11H14FN3O3S. The van der Waals surface area contributed by atoms with Gasteiger partial charge >= 0.3 is 0 Å². The highest BCUT2D eigenvalue weighted by Gasteiger charge is 2.35. The highest BCUT2D eigenvalue weighted by atomic mass is 32.2. The zero-order valence-electron chi connectivity index (χ0n) is 10.0. The molecule has 0 radical (unpaired) electrons. The number of nitrogens with one attached hydrogen (secondary N) is 1. The molecule has 0 atom stereocenters.